The Balaban J connectivity index is 1.44. The molecule has 12 nitrogen and oxygen atoms in total. The van der Waals surface area contributed by atoms with Crippen LogP contribution in [0.1, 0.15) is 88.8 Å². The first-order valence-electron chi connectivity index (χ1n) is 15.0. The van der Waals surface area contributed by atoms with E-state index in [1.54, 1.807) is 28.2 Å². The van der Waals surface area contributed by atoms with E-state index >= 15 is 0 Å². The average Bonchev–Trinajstić information content (AvgIpc) is 3.60. The number of benzene rings is 1. The first-order valence-corrected chi connectivity index (χ1v) is 15.0. The third kappa shape index (κ3) is 7.29. The van der Waals surface area contributed by atoms with Crippen molar-refractivity contribution in [1.29, 1.82) is 0 Å². The van der Waals surface area contributed by atoms with Gasteiger partial charge in [-0.2, -0.15) is 5.10 Å². The molecule has 0 radical (unpaired) electrons. The van der Waals surface area contributed by atoms with E-state index in [4.69, 9.17) is 9.72 Å². The van der Waals surface area contributed by atoms with Crippen molar-refractivity contribution in [2.45, 2.75) is 91.5 Å². The minimum Gasteiger partial charge on any atom is -0.444 e. The molecule has 1 aliphatic rings. The lowest BCUT2D eigenvalue weighted by Gasteiger charge is -2.26. The van der Waals surface area contributed by atoms with Crippen molar-refractivity contribution < 1.29 is 14.3 Å². The van der Waals surface area contributed by atoms with Crippen molar-refractivity contribution in [3.63, 3.8) is 0 Å². The van der Waals surface area contributed by atoms with Gasteiger partial charge in [-0.05, 0) is 84.1 Å². The third-order valence-electron chi connectivity index (χ3n) is 7.41. The number of rotatable bonds is 7. The maximum atomic E-state index is 13.4. The highest BCUT2D eigenvalue weighted by Crippen LogP contribution is 2.35. The molecule has 3 aromatic heterocycles. The van der Waals surface area contributed by atoms with Gasteiger partial charge in [-0.15, -0.1) is 5.10 Å². The van der Waals surface area contributed by atoms with Crippen LogP contribution in [0.2, 0.25) is 0 Å². The van der Waals surface area contributed by atoms with Crippen LogP contribution in [-0.4, -0.2) is 63.7 Å². The van der Waals surface area contributed by atoms with Gasteiger partial charge in [0.1, 0.15) is 11.3 Å². The number of nitrogens with zero attached hydrogens (tertiary/aromatic N) is 8. The fourth-order valence-electron chi connectivity index (χ4n) is 5.10. The fraction of sp³-hybridized carbons (Fsp3) is 0.469. The van der Waals surface area contributed by atoms with Gasteiger partial charge < -0.3 is 15.0 Å². The Bertz CT molecular complexity index is 1640. The van der Waals surface area contributed by atoms with Gasteiger partial charge in [-0.1, -0.05) is 17.3 Å². The van der Waals surface area contributed by atoms with Gasteiger partial charge in [0.05, 0.1) is 29.3 Å². The summed E-state index contributed by atoms with van der Waals surface area (Å²) in [5.74, 6) is 0.260. The van der Waals surface area contributed by atoms with E-state index in [1.807, 2.05) is 83.6 Å². The molecule has 1 aliphatic heterocycles. The second-order valence-electron chi connectivity index (χ2n) is 13.1. The molecular formula is C32H41N9O3. The van der Waals surface area contributed by atoms with Crippen LogP contribution in [0.4, 0.5) is 16.4 Å². The Morgan fingerprint density at radius 2 is 1.89 bits per heavy atom. The standard InChI is InChI=1S/C32H41N9O3/c1-8-40-19-24(17-34-40)35-29-33-13-11-26(36-29)22-9-10-25-21(16-28(42)27-20-41(38-37-27)31(2,3)4)12-14-39(18-23(25)15-22)30(43)44-32(5,6)7/h9-11,13,15,17,19-21H,8,12,14,16,18H2,1-7H3,(H,33,35,36). The molecule has 44 heavy (non-hydrogen) atoms. The van der Waals surface area contributed by atoms with Gasteiger partial charge >= 0.3 is 6.09 Å². The monoisotopic (exact) mass is 599 g/mol. The minimum absolute atomic E-state index is 0.0795. The Morgan fingerprint density at radius 3 is 2.57 bits per heavy atom. The largest absolute Gasteiger partial charge is 0.444 e. The summed E-state index contributed by atoms with van der Waals surface area (Å²) in [6.45, 7) is 15.2. The highest BCUT2D eigenvalue weighted by molar-refractivity contribution is 5.94. The number of hydrogen-bond acceptors (Lipinski definition) is 9. The summed E-state index contributed by atoms with van der Waals surface area (Å²) in [4.78, 5) is 37.5. The zero-order valence-electron chi connectivity index (χ0n) is 26.5. The molecule has 0 fully saturated rings. The Labute approximate surface area is 257 Å². The first kappa shape index (κ1) is 30.8. The number of aryl methyl sites for hydroxylation is 1. The van der Waals surface area contributed by atoms with Crippen molar-refractivity contribution in [3.05, 3.63) is 65.9 Å². The number of nitrogens with one attached hydrogen (secondary N) is 1. The number of ether oxygens (including phenoxy) is 1. The van der Waals surface area contributed by atoms with Crippen LogP contribution in [0, 0.1) is 0 Å². The van der Waals surface area contributed by atoms with Crippen LogP contribution >= 0.6 is 0 Å². The van der Waals surface area contributed by atoms with Crippen LogP contribution in [-0.2, 0) is 23.4 Å². The van der Waals surface area contributed by atoms with Gasteiger partial charge in [-0.25, -0.2) is 19.4 Å². The predicted octanol–water partition coefficient (Wildman–Crippen LogP) is 5.95. The summed E-state index contributed by atoms with van der Waals surface area (Å²) in [7, 11) is 0. The predicted molar refractivity (Wildman–Crippen MR) is 167 cm³/mol. The van der Waals surface area contributed by atoms with E-state index in [-0.39, 0.29) is 29.8 Å². The third-order valence-corrected chi connectivity index (χ3v) is 7.41. The molecule has 0 saturated carbocycles. The van der Waals surface area contributed by atoms with E-state index in [9.17, 15) is 9.59 Å². The number of amides is 1. The molecule has 1 amide bonds. The molecule has 1 aromatic carbocycles. The maximum absolute atomic E-state index is 13.4. The number of anilines is 2. The molecule has 5 rings (SSSR count). The lowest BCUT2D eigenvalue weighted by atomic mass is 9.87. The molecule has 0 aliphatic carbocycles. The van der Waals surface area contributed by atoms with Gasteiger partial charge in [0, 0.05) is 44.0 Å². The van der Waals surface area contributed by atoms with Gasteiger partial charge in [0.2, 0.25) is 5.95 Å². The SMILES string of the molecule is CCn1cc(Nc2nccc(-c3ccc4c(c3)CN(C(=O)OC(C)(C)C)CCC4CC(=O)c3cn(C(C)(C)C)nn3)n2)cn1. The number of fused-ring (bicyclic) bond motifs is 1. The molecule has 232 valence electrons. The van der Waals surface area contributed by atoms with Gasteiger partial charge in [0.15, 0.2) is 5.78 Å². The first-order chi connectivity index (χ1) is 20.8. The van der Waals surface area contributed by atoms with E-state index in [0.29, 0.717) is 31.2 Å². The second kappa shape index (κ2) is 12.2. The lowest BCUT2D eigenvalue weighted by molar-refractivity contribution is 0.0235. The summed E-state index contributed by atoms with van der Waals surface area (Å²) < 4.78 is 9.26. The second-order valence-corrected chi connectivity index (χ2v) is 13.1. The summed E-state index contributed by atoms with van der Waals surface area (Å²) in [6.07, 6.45) is 7.54. The van der Waals surface area contributed by atoms with Crippen LogP contribution in [0.3, 0.4) is 0 Å². The summed E-state index contributed by atoms with van der Waals surface area (Å²) in [5.41, 5.74) is 3.81. The van der Waals surface area contributed by atoms with Crippen molar-refractivity contribution in [2.24, 2.45) is 0 Å². The number of carbonyl (C=O) groups is 2. The summed E-state index contributed by atoms with van der Waals surface area (Å²) in [6, 6.07) is 7.96. The van der Waals surface area contributed by atoms with Crippen LogP contribution in [0.5, 0.6) is 0 Å². The average molecular weight is 600 g/mol. The zero-order valence-corrected chi connectivity index (χ0v) is 26.5. The fourth-order valence-corrected chi connectivity index (χ4v) is 5.10. The molecule has 0 saturated heterocycles. The molecular weight excluding hydrogens is 558 g/mol. The highest BCUT2D eigenvalue weighted by atomic mass is 16.6. The van der Waals surface area contributed by atoms with Crippen LogP contribution < -0.4 is 5.32 Å². The summed E-state index contributed by atoms with van der Waals surface area (Å²) in [5, 5.41) is 15.8. The van der Waals surface area contributed by atoms with Crippen molar-refractivity contribution in [2.75, 3.05) is 11.9 Å². The number of Topliss-reactive ketones (excluding diaryl/α,β-unsaturated/α-hetero) is 1. The minimum atomic E-state index is -0.625. The number of ketones is 1. The van der Waals surface area contributed by atoms with Crippen molar-refractivity contribution >= 4 is 23.5 Å². The Kier molecular flexibility index (Phi) is 8.53. The highest BCUT2D eigenvalue weighted by Gasteiger charge is 2.30. The van der Waals surface area contributed by atoms with E-state index in [1.165, 1.54) is 0 Å². The Morgan fingerprint density at radius 1 is 1.09 bits per heavy atom. The molecule has 1 N–H and O–H groups in total. The van der Waals surface area contributed by atoms with Gasteiger partial charge in [-0.3, -0.25) is 9.48 Å². The lowest BCUT2D eigenvalue weighted by Crippen LogP contribution is -2.36. The quantitative estimate of drug-likeness (QED) is 0.256. The zero-order chi connectivity index (χ0) is 31.6. The smallest absolute Gasteiger partial charge is 0.410 e. The van der Waals surface area contributed by atoms with Crippen LogP contribution in [0.15, 0.2) is 49.1 Å². The van der Waals surface area contributed by atoms with E-state index in [0.717, 1.165) is 34.6 Å². The maximum Gasteiger partial charge on any atom is 0.410 e. The molecule has 4 aromatic rings. The van der Waals surface area contributed by atoms with Crippen molar-refractivity contribution in [1.82, 2.24) is 39.6 Å². The van der Waals surface area contributed by atoms with Crippen LogP contribution in [0.25, 0.3) is 11.3 Å². The Hall–Kier alpha value is -4.61. The summed E-state index contributed by atoms with van der Waals surface area (Å²) >= 11 is 0. The molecule has 12 heteroatoms. The molecule has 0 bridgehead atoms. The molecule has 1 unspecified atom stereocenters. The normalized spacial score (nSPS) is 15.4. The number of hydrogen-bond donors (Lipinski definition) is 1. The molecule has 4 heterocycles. The molecule has 1 atom stereocenters. The number of aromatic nitrogens is 7. The van der Waals surface area contributed by atoms with E-state index in [2.05, 4.69) is 25.7 Å². The number of carbonyl (C=O) groups excluding carboxylic acids is 2. The molecule has 0 spiro atoms. The van der Waals surface area contributed by atoms with Crippen molar-refractivity contribution in [3.8, 4) is 11.3 Å². The van der Waals surface area contributed by atoms with E-state index < -0.39 is 5.60 Å². The van der Waals surface area contributed by atoms with Gasteiger partial charge in [0.25, 0.3) is 0 Å². The topological polar surface area (TPSA) is 133 Å².